The first-order valence-electron chi connectivity index (χ1n) is 7.76. The molecule has 2 heterocycles. The molecule has 0 spiro atoms. The van der Waals surface area contributed by atoms with Crippen LogP contribution in [0.3, 0.4) is 0 Å². The second-order valence-corrected chi connectivity index (χ2v) is 8.13. The predicted molar refractivity (Wildman–Crippen MR) is 90.8 cm³/mol. The lowest BCUT2D eigenvalue weighted by Gasteiger charge is -2.50. The second kappa shape index (κ2) is 5.34. The molecule has 2 aromatic rings. The number of hydrogen-bond acceptors (Lipinski definition) is 4. The average Bonchev–Trinajstić information content (AvgIpc) is 2.86. The number of rotatable bonds is 3. The Balaban J connectivity index is 1.83. The van der Waals surface area contributed by atoms with Gasteiger partial charge < -0.3 is 5.32 Å². The fourth-order valence-electron chi connectivity index (χ4n) is 2.89. The zero-order valence-electron chi connectivity index (χ0n) is 13.4. The minimum absolute atomic E-state index is 0.173. The minimum atomic E-state index is 0.173. The van der Waals surface area contributed by atoms with Crippen molar-refractivity contribution in [2.24, 2.45) is 0 Å². The monoisotopic (exact) mass is 303 g/mol. The molecule has 3 nitrogen and oxygen atoms in total. The van der Waals surface area contributed by atoms with Gasteiger partial charge in [0.15, 0.2) is 0 Å². The molecule has 114 valence electrons. The van der Waals surface area contributed by atoms with E-state index in [1.165, 1.54) is 9.71 Å². The van der Waals surface area contributed by atoms with Gasteiger partial charge in [-0.1, -0.05) is 19.1 Å². The van der Waals surface area contributed by atoms with E-state index in [-0.39, 0.29) is 11.1 Å². The van der Waals surface area contributed by atoms with Gasteiger partial charge in [0.25, 0.3) is 0 Å². The number of thiazole rings is 1. The molecule has 21 heavy (non-hydrogen) atoms. The number of aromatic nitrogens is 1. The van der Waals surface area contributed by atoms with Crippen LogP contribution in [-0.2, 0) is 6.54 Å². The van der Waals surface area contributed by atoms with Gasteiger partial charge in [0.2, 0.25) is 0 Å². The fraction of sp³-hybridized carbons (Fsp3) is 0.588. The zero-order valence-corrected chi connectivity index (χ0v) is 14.3. The maximum atomic E-state index is 4.80. The van der Waals surface area contributed by atoms with Crippen molar-refractivity contribution < 1.29 is 0 Å². The van der Waals surface area contributed by atoms with Crippen molar-refractivity contribution >= 4 is 21.6 Å². The Morgan fingerprint density at radius 1 is 1.29 bits per heavy atom. The maximum absolute atomic E-state index is 4.80. The fourth-order valence-corrected chi connectivity index (χ4v) is 3.87. The molecule has 1 aliphatic heterocycles. The Hall–Kier alpha value is -0.970. The van der Waals surface area contributed by atoms with Gasteiger partial charge in [-0.2, -0.15) is 0 Å². The molecule has 1 unspecified atom stereocenters. The molecule has 3 rings (SSSR count). The van der Waals surface area contributed by atoms with Crippen molar-refractivity contribution in [3.63, 3.8) is 0 Å². The van der Waals surface area contributed by atoms with E-state index in [1.54, 1.807) is 0 Å². The Bertz CT molecular complexity index is 601. The summed E-state index contributed by atoms with van der Waals surface area (Å²) in [5.74, 6) is 0. The van der Waals surface area contributed by atoms with E-state index in [0.717, 1.165) is 31.6 Å². The highest BCUT2D eigenvalue weighted by Gasteiger charge is 2.39. The summed E-state index contributed by atoms with van der Waals surface area (Å²) in [6.07, 6.45) is 1.15. The largest absolute Gasteiger partial charge is 0.308 e. The van der Waals surface area contributed by atoms with E-state index < -0.39 is 0 Å². The number of para-hydroxylation sites is 1. The molecule has 1 aromatic carbocycles. The van der Waals surface area contributed by atoms with Crippen molar-refractivity contribution in [2.75, 3.05) is 13.1 Å². The number of nitrogens with zero attached hydrogens (tertiary/aromatic N) is 2. The van der Waals surface area contributed by atoms with Crippen LogP contribution in [0.15, 0.2) is 24.3 Å². The summed E-state index contributed by atoms with van der Waals surface area (Å²) in [6, 6.07) is 8.42. The summed E-state index contributed by atoms with van der Waals surface area (Å²) in [6.45, 7) is 12.3. The van der Waals surface area contributed by atoms with Gasteiger partial charge in [-0.3, -0.25) is 4.90 Å². The van der Waals surface area contributed by atoms with Crippen molar-refractivity contribution in [3.8, 4) is 0 Å². The molecule has 1 fully saturated rings. The maximum Gasteiger partial charge on any atom is 0.108 e. The number of benzene rings is 1. The van der Waals surface area contributed by atoms with E-state index in [9.17, 15) is 0 Å². The first-order chi connectivity index (χ1) is 9.92. The van der Waals surface area contributed by atoms with Crippen LogP contribution in [0.1, 0.15) is 39.1 Å². The zero-order chi connectivity index (χ0) is 15.1. The summed E-state index contributed by atoms with van der Waals surface area (Å²) < 4.78 is 1.29. The molecule has 1 saturated heterocycles. The van der Waals surface area contributed by atoms with Crippen LogP contribution in [0.4, 0.5) is 0 Å². The molecule has 1 atom stereocenters. The smallest absolute Gasteiger partial charge is 0.108 e. The molecule has 0 aliphatic carbocycles. The number of nitrogens with one attached hydrogen (secondary N) is 1. The van der Waals surface area contributed by atoms with Gasteiger partial charge in [-0.15, -0.1) is 11.3 Å². The molecular weight excluding hydrogens is 278 g/mol. The van der Waals surface area contributed by atoms with E-state index in [4.69, 9.17) is 4.98 Å². The number of piperazine rings is 1. The van der Waals surface area contributed by atoms with E-state index >= 15 is 0 Å². The molecule has 0 amide bonds. The van der Waals surface area contributed by atoms with Crippen LogP contribution in [0.25, 0.3) is 10.2 Å². The summed E-state index contributed by atoms with van der Waals surface area (Å²) in [5, 5.41) is 4.95. The van der Waals surface area contributed by atoms with Crippen molar-refractivity contribution in [1.82, 2.24) is 15.2 Å². The van der Waals surface area contributed by atoms with Gasteiger partial charge in [-0.25, -0.2) is 4.98 Å². The van der Waals surface area contributed by atoms with E-state index in [2.05, 4.69) is 62.2 Å². The standard InChI is InChI=1S/C17H25N3S/c1-5-17(4)12-20(16(2,3)11-18-17)10-15-19-13-8-6-7-9-14(13)21-15/h6-9,18H,5,10-12H2,1-4H3. The molecule has 0 saturated carbocycles. The van der Waals surface area contributed by atoms with Gasteiger partial charge >= 0.3 is 0 Å². The number of fused-ring (bicyclic) bond motifs is 1. The highest BCUT2D eigenvalue weighted by atomic mass is 32.1. The third-order valence-electron chi connectivity index (χ3n) is 4.79. The quantitative estimate of drug-likeness (QED) is 0.938. The van der Waals surface area contributed by atoms with Crippen LogP contribution >= 0.6 is 11.3 Å². The van der Waals surface area contributed by atoms with E-state index in [0.29, 0.717) is 0 Å². The molecule has 0 radical (unpaired) electrons. The Morgan fingerprint density at radius 2 is 2.05 bits per heavy atom. The Morgan fingerprint density at radius 3 is 2.76 bits per heavy atom. The lowest BCUT2D eigenvalue weighted by molar-refractivity contribution is 0.0246. The average molecular weight is 303 g/mol. The Labute approximate surface area is 131 Å². The van der Waals surface area contributed by atoms with Crippen LogP contribution in [0, 0.1) is 0 Å². The number of hydrogen-bond donors (Lipinski definition) is 1. The molecule has 1 N–H and O–H groups in total. The Kier molecular flexibility index (Phi) is 3.80. The highest BCUT2D eigenvalue weighted by molar-refractivity contribution is 7.18. The summed E-state index contributed by atoms with van der Waals surface area (Å²) in [7, 11) is 0. The van der Waals surface area contributed by atoms with Gasteiger partial charge in [0.1, 0.15) is 5.01 Å². The summed E-state index contributed by atoms with van der Waals surface area (Å²) >= 11 is 1.83. The molecule has 1 aliphatic rings. The second-order valence-electron chi connectivity index (χ2n) is 7.01. The van der Waals surface area contributed by atoms with Crippen molar-refractivity contribution in [1.29, 1.82) is 0 Å². The van der Waals surface area contributed by atoms with Crippen LogP contribution in [0.5, 0.6) is 0 Å². The van der Waals surface area contributed by atoms with Crippen LogP contribution in [0.2, 0.25) is 0 Å². The van der Waals surface area contributed by atoms with Crippen LogP contribution in [-0.4, -0.2) is 34.1 Å². The first kappa shape index (κ1) is 14.9. The lowest BCUT2D eigenvalue weighted by atomic mass is 9.88. The van der Waals surface area contributed by atoms with Gasteiger partial charge in [0, 0.05) is 24.2 Å². The van der Waals surface area contributed by atoms with E-state index in [1.807, 2.05) is 11.3 Å². The molecule has 4 heteroatoms. The van der Waals surface area contributed by atoms with Gasteiger partial charge in [0.05, 0.1) is 16.8 Å². The highest BCUT2D eigenvalue weighted by Crippen LogP contribution is 2.29. The normalized spacial score (nSPS) is 26.3. The summed E-state index contributed by atoms with van der Waals surface area (Å²) in [4.78, 5) is 7.39. The van der Waals surface area contributed by atoms with Crippen LogP contribution < -0.4 is 5.32 Å². The summed E-state index contributed by atoms with van der Waals surface area (Å²) in [5.41, 5.74) is 1.52. The van der Waals surface area contributed by atoms with Crippen molar-refractivity contribution in [3.05, 3.63) is 29.3 Å². The topological polar surface area (TPSA) is 28.2 Å². The lowest BCUT2D eigenvalue weighted by Crippen LogP contribution is -2.66. The third-order valence-corrected chi connectivity index (χ3v) is 5.81. The first-order valence-corrected chi connectivity index (χ1v) is 8.58. The predicted octanol–water partition coefficient (Wildman–Crippen LogP) is 3.65. The van der Waals surface area contributed by atoms with Gasteiger partial charge in [-0.05, 0) is 39.3 Å². The van der Waals surface area contributed by atoms with Crippen molar-refractivity contribution in [2.45, 2.75) is 51.7 Å². The minimum Gasteiger partial charge on any atom is -0.308 e. The molecule has 1 aromatic heterocycles. The SMILES string of the molecule is CCC1(C)CN(Cc2nc3ccccc3s2)C(C)(C)CN1. The molecular formula is C17H25N3S. The molecule has 0 bridgehead atoms. The third kappa shape index (κ3) is 2.98.